The molecule has 2 aliphatic rings. The van der Waals surface area contributed by atoms with Crippen LogP contribution in [0.1, 0.15) is 22.6 Å². The van der Waals surface area contributed by atoms with Crippen molar-refractivity contribution in [3.8, 4) is 17.2 Å². The van der Waals surface area contributed by atoms with Gasteiger partial charge in [-0.2, -0.15) is 0 Å². The minimum atomic E-state index is -0.690. The Morgan fingerprint density at radius 2 is 1.11 bits per heavy atom. The van der Waals surface area contributed by atoms with Crippen LogP contribution in [0, 0.1) is 0 Å². The van der Waals surface area contributed by atoms with Gasteiger partial charge < -0.3 is 48.4 Å². The number of carbonyl (C=O) groups excluding carboxylic acids is 3. The van der Waals surface area contributed by atoms with Crippen LogP contribution in [-0.2, 0) is 33.2 Å². The maximum atomic E-state index is 11.2. The summed E-state index contributed by atoms with van der Waals surface area (Å²) in [6.45, 7) is 1.45. The summed E-state index contributed by atoms with van der Waals surface area (Å²) in [6, 6.07) is 23.0. The van der Waals surface area contributed by atoms with Crippen molar-refractivity contribution in [3.05, 3.63) is 89.5 Å². The molecule has 3 aromatic carbocycles. The van der Waals surface area contributed by atoms with Gasteiger partial charge in [0.05, 0.1) is 6.61 Å². The molecule has 0 amide bonds. The van der Waals surface area contributed by atoms with Gasteiger partial charge >= 0.3 is 12.3 Å². The van der Waals surface area contributed by atoms with E-state index < -0.39 is 30.6 Å². The van der Waals surface area contributed by atoms with Crippen molar-refractivity contribution in [3.63, 3.8) is 0 Å². The van der Waals surface area contributed by atoms with E-state index in [1.165, 1.54) is 14.2 Å². The Labute approximate surface area is 266 Å². The molecule has 0 aliphatic carbocycles. The summed E-state index contributed by atoms with van der Waals surface area (Å²) in [5.74, 6) is 1.72. The maximum Gasteiger partial charge on any atom is 0.508 e. The summed E-state index contributed by atoms with van der Waals surface area (Å²) in [4.78, 5) is 33.1. The minimum Gasteiger partial charge on any atom is -0.490 e. The van der Waals surface area contributed by atoms with Crippen LogP contribution in [-0.4, -0.2) is 90.9 Å². The lowest BCUT2D eigenvalue weighted by Gasteiger charge is -2.21. The highest BCUT2D eigenvalue weighted by molar-refractivity contribution is 5.62. The predicted octanol–water partition coefficient (Wildman–Crippen LogP) is 3.84. The Bertz CT molecular complexity index is 1310. The molecule has 46 heavy (non-hydrogen) atoms. The van der Waals surface area contributed by atoms with Gasteiger partial charge in [-0.3, -0.25) is 4.79 Å². The number of hydrogen-bond acceptors (Lipinski definition) is 13. The molecule has 246 valence electrons. The molecule has 2 aliphatic heterocycles. The third-order valence-corrected chi connectivity index (χ3v) is 6.85. The van der Waals surface area contributed by atoms with Gasteiger partial charge in [-0.1, -0.05) is 36.4 Å². The third kappa shape index (κ3) is 9.74. The molecule has 5 rings (SSSR count). The fourth-order valence-corrected chi connectivity index (χ4v) is 4.70. The molecule has 3 atom stereocenters. The molecule has 2 fully saturated rings. The zero-order valence-electron chi connectivity index (χ0n) is 25.5. The van der Waals surface area contributed by atoms with Crippen LogP contribution in [0.3, 0.4) is 0 Å². The number of nitrogens with two attached hydrogens (primary N) is 1. The maximum absolute atomic E-state index is 11.2. The van der Waals surface area contributed by atoms with Crippen molar-refractivity contribution in [2.75, 3.05) is 53.8 Å². The molecule has 0 bridgehead atoms. The van der Waals surface area contributed by atoms with E-state index in [4.69, 9.17) is 42.6 Å². The topological polar surface area (TPSA) is 160 Å². The van der Waals surface area contributed by atoms with Crippen molar-refractivity contribution in [1.82, 2.24) is 0 Å². The fraction of sp³-hybridized carbons (Fsp3) is 0.364. The highest BCUT2D eigenvalue weighted by Crippen LogP contribution is 2.35. The lowest BCUT2D eigenvalue weighted by molar-refractivity contribution is -0.137. The van der Waals surface area contributed by atoms with Gasteiger partial charge in [0.25, 0.3) is 6.47 Å². The quantitative estimate of drug-likeness (QED) is 0.104. The van der Waals surface area contributed by atoms with E-state index in [0.717, 1.165) is 16.7 Å². The Morgan fingerprint density at radius 3 is 1.46 bits per heavy atom. The van der Waals surface area contributed by atoms with E-state index in [2.05, 4.69) is 5.73 Å². The summed E-state index contributed by atoms with van der Waals surface area (Å²) >= 11 is 0. The summed E-state index contributed by atoms with van der Waals surface area (Å²) in [5, 5.41) is 0. The Balaban J connectivity index is 0.00000235. The van der Waals surface area contributed by atoms with Crippen LogP contribution in [0.25, 0.3) is 0 Å². The van der Waals surface area contributed by atoms with E-state index in [1.807, 2.05) is 72.8 Å². The van der Waals surface area contributed by atoms with Crippen LogP contribution in [0.4, 0.5) is 9.59 Å². The molecule has 2 N–H and O–H groups in total. The molecule has 3 aromatic rings. The van der Waals surface area contributed by atoms with E-state index in [9.17, 15) is 14.4 Å². The molecular weight excluding hydrogens is 602 g/mol. The van der Waals surface area contributed by atoms with Crippen molar-refractivity contribution in [2.45, 2.75) is 24.2 Å². The average molecular weight is 640 g/mol. The Kier molecular flexibility index (Phi) is 12.9. The van der Waals surface area contributed by atoms with Gasteiger partial charge in [0, 0.05) is 13.0 Å². The van der Waals surface area contributed by atoms with Crippen molar-refractivity contribution >= 4 is 18.8 Å². The number of hydrogen-bond donors (Lipinski definition) is 1. The zero-order valence-corrected chi connectivity index (χ0v) is 25.5. The average Bonchev–Trinajstić information content (AvgIpc) is 3.71. The summed E-state index contributed by atoms with van der Waals surface area (Å²) < 4.78 is 47.1. The van der Waals surface area contributed by atoms with Crippen LogP contribution >= 0.6 is 0 Å². The summed E-state index contributed by atoms with van der Waals surface area (Å²) in [6.07, 6.45) is -2.79. The second-order valence-corrected chi connectivity index (χ2v) is 9.98. The Hall–Kier alpha value is -5.01. The first kappa shape index (κ1) is 33.9. The van der Waals surface area contributed by atoms with Crippen molar-refractivity contribution < 1.29 is 57.0 Å². The van der Waals surface area contributed by atoms with Crippen LogP contribution < -0.4 is 19.9 Å². The lowest BCUT2D eigenvalue weighted by atomic mass is 9.85. The molecule has 13 heteroatoms. The number of cyclic esters (lactones) is 4. The molecule has 3 unspecified atom stereocenters. The predicted molar refractivity (Wildman–Crippen MR) is 162 cm³/mol. The second kappa shape index (κ2) is 17.5. The first-order valence-corrected chi connectivity index (χ1v) is 14.5. The van der Waals surface area contributed by atoms with Crippen molar-refractivity contribution in [1.29, 1.82) is 0 Å². The molecule has 0 radical (unpaired) electrons. The number of carbonyl (C=O) groups is 3. The largest absolute Gasteiger partial charge is 0.508 e. The number of methoxy groups -OCH3 is 1. The van der Waals surface area contributed by atoms with Gasteiger partial charge in [0.2, 0.25) is 0 Å². The molecule has 0 aromatic heterocycles. The van der Waals surface area contributed by atoms with Gasteiger partial charge in [-0.15, -0.1) is 0 Å². The highest BCUT2D eigenvalue weighted by Gasteiger charge is 2.27. The fourth-order valence-electron chi connectivity index (χ4n) is 4.70. The molecule has 2 heterocycles. The van der Waals surface area contributed by atoms with Gasteiger partial charge in [-0.05, 0) is 60.1 Å². The van der Waals surface area contributed by atoms with Crippen LogP contribution in [0.5, 0.6) is 17.2 Å². The molecule has 0 saturated carbocycles. The SMILES string of the molecule is CN.COCC(COc1ccc(C(c2ccc(OCC3COC(=O)O3)cc2)c2ccc(OCC3COC(=O)O3)cc2)cc1)OC=O. The first-order valence-electron chi connectivity index (χ1n) is 14.5. The van der Waals surface area contributed by atoms with E-state index >= 15 is 0 Å². The number of rotatable bonds is 16. The normalized spacial score (nSPS) is 18.0. The highest BCUT2D eigenvalue weighted by atomic mass is 16.8. The van der Waals surface area contributed by atoms with Crippen molar-refractivity contribution in [2.24, 2.45) is 5.73 Å². The van der Waals surface area contributed by atoms with Crippen LogP contribution in [0.2, 0.25) is 0 Å². The summed E-state index contributed by atoms with van der Waals surface area (Å²) in [5.41, 5.74) is 7.51. The molecule has 0 spiro atoms. The summed E-state index contributed by atoms with van der Waals surface area (Å²) in [7, 11) is 3.02. The molecule has 2 saturated heterocycles. The van der Waals surface area contributed by atoms with E-state index in [0.29, 0.717) is 23.7 Å². The van der Waals surface area contributed by atoms with Gasteiger partial charge in [0.1, 0.15) is 50.3 Å². The number of benzene rings is 3. The molecule has 13 nitrogen and oxygen atoms in total. The molecular formula is C33H37NO12. The standard InChI is InChI=1S/C32H32O12.CH5N/c1-36-14-27(42-20-33)15-37-24-8-2-21(3-9-24)30(22-4-10-25(11-5-22)38-16-28-18-40-31(34)43-28)23-6-12-26(13-7-23)39-17-29-19-41-32(35)44-29;1-2/h2-13,20,27-30H,14-19H2,1H3;2H2,1H3. The first-order chi connectivity index (χ1) is 22.5. The lowest BCUT2D eigenvalue weighted by Crippen LogP contribution is -2.26. The van der Waals surface area contributed by atoms with Crippen LogP contribution in [0.15, 0.2) is 72.8 Å². The second-order valence-electron chi connectivity index (χ2n) is 9.98. The Morgan fingerprint density at radius 1 is 0.696 bits per heavy atom. The smallest absolute Gasteiger partial charge is 0.490 e. The zero-order chi connectivity index (χ0) is 32.7. The van der Waals surface area contributed by atoms with Gasteiger partial charge in [0.15, 0.2) is 18.3 Å². The van der Waals surface area contributed by atoms with E-state index in [1.54, 1.807) is 0 Å². The minimum absolute atomic E-state index is 0.149. The van der Waals surface area contributed by atoms with E-state index in [-0.39, 0.29) is 45.6 Å². The monoisotopic (exact) mass is 639 g/mol. The number of ether oxygens (including phenoxy) is 9. The van der Waals surface area contributed by atoms with Gasteiger partial charge in [-0.25, -0.2) is 9.59 Å². The third-order valence-electron chi connectivity index (χ3n) is 6.85.